The maximum atomic E-state index is 12.0. The monoisotopic (exact) mass is 337 g/mol. The number of hydrogen-bond acceptors (Lipinski definition) is 4. The van der Waals surface area contributed by atoms with E-state index in [0.29, 0.717) is 11.3 Å². The Bertz CT molecular complexity index is 703. The van der Waals surface area contributed by atoms with Crippen LogP contribution in [0.15, 0.2) is 18.5 Å². The lowest BCUT2D eigenvalue weighted by Crippen LogP contribution is -2.40. The largest absolute Gasteiger partial charge is 0.383 e. The van der Waals surface area contributed by atoms with Crippen molar-refractivity contribution < 1.29 is 9.90 Å². The van der Waals surface area contributed by atoms with Gasteiger partial charge in [-0.25, -0.2) is 9.78 Å². The quantitative estimate of drug-likeness (QED) is 0.745. The second kappa shape index (κ2) is 6.55. The van der Waals surface area contributed by atoms with Crippen LogP contribution >= 0.6 is 11.6 Å². The number of aryl methyl sites for hydroxylation is 3. The zero-order valence-corrected chi connectivity index (χ0v) is 14.3. The topological polar surface area (TPSA) is 92.1 Å². The lowest BCUT2D eigenvalue weighted by Gasteiger charge is -2.22. The number of hydrogen-bond donors (Lipinski definition) is 3. The van der Waals surface area contributed by atoms with Crippen molar-refractivity contribution in [3.8, 4) is 0 Å². The summed E-state index contributed by atoms with van der Waals surface area (Å²) < 4.78 is 1.59. The highest BCUT2D eigenvalue weighted by atomic mass is 35.5. The molecule has 0 fully saturated rings. The molecule has 2 aromatic rings. The predicted octanol–water partition coefficient (Wildman–Crippen LogP) is 2.11. The first kappa shape index (κ1) is 17.2. The summed E-state index contributed by atoms with van der Waals surface area (Å²) in [5, 5.41) is 20.0. The number of anilines is 1. The number of carbonyl (C=O) groups excluding carboxylic acids is 1. The number of nitrogens with one attached hydrogen (secondary N) is 2. The van der Waals surface area contributed by atoms with Crippen molar-refractivity contribution in [3.05, 3.63) is 40.4 Å². The number of urea groups is 1. The summed E-state index contributed by atoms with van der Waals surface area (Å²) in [4.78, 5) is 16.2. The summed E-state index contributed by atoms with van der Waals surface area (Å²) in [7, 11) is 1.76. The molecule has 3 N–H and O–H groups in total. The molecule has 2 aromatic heterocycles. The Morgan fingerprint density at radius 3 is 2.74 bits per heavy atom. The number of pyridine rings is 1. The van der Waals surface area contributed by atoms with Gasteiger partial charge in [-0.1, -0.05) is 11.6 Å². The molecule has 0 saturated carbocycles. The Morgan fingerprint density at radius 1 is 1.48 bits per heavy atom. The summed E-state index contributed by atoms with van der Waals surface area (Å²) >= 11 is 6.05. The van der Waals surface area contributed by atoms with Gasteiger partial charge >= 0.3 is 6.03 Å². The maximum Gasteiger partial charge on any atom is 0.319 e. The van der Waals surface area contributed by atoms with E-state index in [1.54, 1.807) is 31.0 Å². The van der Waals surface area contributed by atoms with Crippen molar-refractivity contribution in [1.29, 1.82) is 0 Å². The number of rotatable bonds is 4. The summed E-state index contributed by atoms with van der Waals surface area (Å²) in [5.41, 5.74) is 1.44. The van der Waals surface area contributed by atoms with Crippen LogP contribution < -0.4 is 10.6 Å². The van der Waals surface area contributed by atoms with Gasteiger partial charge in [0.1, 0.15) is 5.60 Å². The molecular formula is C15H20ClN5O2. The van der Waals surface area contributed by atoms with Crippen LogP contribution in [0, 0.1) is 13.8 Å². The van der Waals surface area contributed by atoms with Gasteiger partial charge < -0.3 is 15.7 Å². The summed E-state index contributed by atoms with van der Waals surface area (Å²) in [6.07, 6.45) is 3.26. The van der Waals surface area contributed by atoms with Crippen molar-refractivity contribution in [2.24, 2.45) is 7.05 Å². The van der Waals surface area contributed by atoms with Gasteiger partial charge in [0.15, 0.2) is 5.15 Å². The van der Waals surface area contributed by atoms with Gasteiger partial charge in [0.2, 0.25) is 0 Å². The van der Waals surface area contributed by atoms with Crippen molar-refractivity contribution in [3.63, 3.8) is 0 Å². The zero-order valence-electron chi connectivity index (χ0n) is 13.5. The molecule has 23 heavy (non-hydrogen) atoms. The minimum atomic E-state index is -1.23. The highest BCUT2D eigenvalue weighted by molar-refractivity contribution is 6.32. The minimum absolute atomic E-state index is 0.0283. The molecule has 7 nitrogen and oxygen atoms in total. The zero-order chi connectivity index (χ0) is 17.2. The van der Waals surface area contributed by atoms with Crippen LogP contribution in [-0.4, -0.2) is 32.4 Å². The van der Waals surface area contributed by atoms with Crippen molar-refractivity contribution in [2.45, 2.75) is 26.4 Å². The van der Waals surface area contributed by atoms with E-state index in [2.05, 4.69) is 20.7 Å². The molecule has 0 saturated heterocycles. The highest BCUT2D eigenvalue weighted by Crippen LogP contribution is 2.24. The second-order valence-corrected chi connectivity index (χ2v) is 6.09. The van der Waals surface area contributed by atoms with Crippen LogP contribution in [0.4, 0.5) is 10.5 Å². The van der Waals surface area contributed by atoms with Gasteiger partial charge in [-0.05, 0) is 32.4 Å². The SMILES string of the molecule is Cc1cc(C)c(NC(=O)NCC(C)(O)c2cnn(C)c2)c(Cl)n1. The molecule has 8 heteroatoms. The van der Waals surface area contributed by atoms with Gasteiger partial charge in [-0.2, -0.15) is 5.10 Å². The fourth-order valence-electron chi connectivity index (χ4n) is 2.15. The Kier molecular flexibility index (Phi) is 4.91. The first-order valence-electron chi connectivity index (χ1n) is 7.09. The van der Waals surface area contributed by atoms with E-state index in [1.807, 2.05) is 19.9 Å². The van der Waals surface area contributed by atoms with Crippen LogP contribution in [-0.2, 0) is 12.6 Å². The predicted molar refractivity (Wildman–Crippen MR) is 88.5 cm³/mol. The molecule has 0 aliphatic heterocycles. The maximum absolute atomic E-state index is 12.0. The molecule has 0 radical (unpaired) electrons. The second-order valence-electron chi connectivity index (χ2n) is 5.73. The molecule has 2 amide bonds. The van der Waals surface area contributed by atoms with Gasteiger partial charge in [-0.15, -0.1) is 0 Å². The number of halogens is 1. The van der Waals surface area contributed by atoms with Crippen molar-refractivity contribution in [2.75, 3.05) is 11.9 Å². The van der Waals surface area contributed by atoms with Crippen LogP contribution in [0.5, 0.6) is 0 Å². The standard InChI is InChI=1S/C15H20ClN5O2/c1-9-5-10(2)19-13(16)12(9)20-14(22)17-8-15(3,23)11-6-18-21(4)7-11/h5-7,23H,8H2,1-4H3,(H2,17,20,22). The fraction of sp³-hybridized carbons (Fsp3) is 0.400. The van der Waals surface area contributed by atoms with Gasteiger partial charge in [0.25, 0.3) is 0 Å². The Morgan fingerprint density at radius 2 is 2.17 bits per heavy atom. The molecule has 1 unspecified atom stereocenters. The third-order valence-corrected chi connectivity index (χ3v) is 3.73. The third-order valence-electron chi connectivity index (χ3n) is 3.46. The molecule has 2 heterocycles. The first-order chi connectivity index (χ1) is 10.7. The molecule has 0 bridgehead atoms. The molecule has 124 valence electrons. The highest BCUT2D eigenvalue weighted by Gasteiger charge is 2.25. The molecule has 0 aromatic carbocycles. The van der Waals surface area contributed by atoms with E-state index in [1.165, 1.54) is 0 Å². The van der Waals surface area contributed by atoms with Crippen LogP contribution in [0.2, 0.25) is 5.15 Å². The molecule has 1 atom stereocenters. The molecule has 0 aliphatic rings. The van der Waals surface area contributed by atoms with E-state index in [0.717, 1.165) is 11.3 Å². The van der Waals surface area contributed by atoms with Crippen molar-refractivity contribution in [1.82, 2.24) is 20.1 Å². The van der Waals surface area contributed by atoms with Gasteiger partial charge in [-0.3, -0.25) is 4.68 Å². The number of nitrogens with zero attached hydrogens (tertiary/aromatic N) is 3. The summed E-state index contributed by atoms with van der Waals surface area (Å²) in [6, 6.07) is 1.36. The molecule has 2 rings (SSSR count). The van der Waals surface area contributed by atoms with E-state index in [-0.39, 0.29) is 11.7 Å². The normalized spacial score (nSPS) is 13.5. The van der Waals surface area contributed by atoms with Crippen LogP contribution in [0.25, 0.3) is 0 Å². The number of aliphatic hydroxyl groups is 1. The number of carbonyl (C=O) groups is 1. The first-order valence-corrected chi connectivity index (χ1v) is 7.47. The lowest BCUT2D eigenvalue weighted by atomic mass is 10.00. The minimum Gasteiger partial charge on any atom is -0.383 e. The van der Waals surface area contributed by atoms with Crippen molar-refractivity contribution >= 4 is 23.3 Å². The van der Waals surface area contributed by atoms with E-state index in [9.17, 15) is 9.90 Å². The van der Waals surface area contributed by atoms with Gasteiger partial charge in [0, 0.05) is 24.5 Å². The third kappa shape index (κ3) is 4.20. The van der Waals surface area contributed by atoms with E-state index < -0.39 is 11.6 Å². The van der Waals surface area contributed by atoms with E-state index >= 15 is 0 Å². The Balaban J connectivity index is 2.01. The molecule has 0 spiro atoms. The lowest BCUT2D eigenvalue weighted by molar-refractivity contribution is 0.0599. The Hall–Kier alpha value is -2.12. The Labute approximate surface area is 139 Å². The average Bonchev–Trinajstić information content (AvgIpc) is 2.88. The van der Waals surface area contributed by atoms with Crippen LogP contribution in [0.1, 0.15) is 23.7 Å². The fourth-order valence-corrected chi connectivity index (χ4v) is 2.48. The smallest absolute Gasteiger partial charge is 0.319 e. The number of amides is 2. The molecular weight excluding hydrogens is 318 g/mol. The van der Waals surface area contributed by atoms with Gasteiger partial charge in [0.05, 0.1) is 18.4 Å². The van der Waals surface area contributed by atoms with E-state index in [4.69, 9.17) is 11.6 Å². The molecule has 0 aliphatic carbocycles. The average molecular weight is 338 g/mol. The summed E-state index contributed by atoms with van der Waals surface area (Å²) in [5.74, 6) is 0. The number of aromatic nitrogens is 3. The summed E-state index contributed by atoms with van der Waals surface area (Å²) in [6.45, 7) is 5.30. The van der Waals surface area contributed by atoms with Crippen LogP contribution in [0.3, 0.4) is 0 Å².